The first-order valence-corrected chi connectivity index (χ1v) is 14.1. The summed E-state index contributed by atoms with van der Waals surface area (Å²) in [5, 5.41) is 8.69. The Hall–Kier alpha value is -2.75. The number of halogens is 1. The van der Waals surface area contributed by atoms with Gasteiger partial charge in [0.25, 0.3) is 5.91 Å². The Balaban J connectivity index is 0.00000380. The van der Waals surface area contributed by atoms with Crippen LogP contribution in [0.3, 0.4) is 0 Å². The van der Waals surface area contributed by atoms with E-state index in [4.69, 9.17) is 11.5 Å². The van der Waals surface area contributed by atoms with Gasteiger partial charge in [0.2, 0.25) is 11.8 Å². The molecule has 2 saturated heterocycles. The van der Waals surface area contributed by atoms with E-state index in [-0.39, 0.29) is 49.3 Å². The summed E-state index contributed by atoms with van der Waals surface area (Å²) in [4.78, 5) is 38.6. The van der Waals surface area contributed by atoms with Crippen molar-refractivity contribution in [1.82, 2.24) is 4.90 Å². The number of benzene rings is 2. The van der Waals surface area contributed by atoms with Gasteiger partial charge in [-0.25, -0.2) is 0 Å². The first-order valence-electron chi connectivity index (χ1n) is 12.3. The minimum atomic E-state index is -3.33. The second-order valence-corrected chi connectivity index (χ2v) is 12.1. The molecule has 12 heteroatoms. The Bertz CT molecular complexity index is 1090. The second-order valence-electron chi connectivity index (χ2n) is 9.18. The van der Waals surface area contributed by atoms with E-state index in [0.717, 1.165) is 25.8 Å². The van der Waals surface area contributed by atoms with E-state index < -0.39 is 12.9 Å². The zero-order valence-electron chi connectivity index (χ0n) is 20.6. The smallest absolute Gasteiger partial charge is 0.281 e. The van der Waals surface area contributed by atoms with Gasteiger partial charge in [-0.2, -0.15) is 0 Å². The quantitative estimate of drug-likeness (QED) is 0.215. The highest BCUT2D eigenvalue weighted by Gasteiger charge is 2.47. The number of hydrogen-bond donors (Lipinski definition) is 5. The van der Waals surface area contributed by atoms with Crippen molar-refractivity contribution in [3.63, 3.8) is 0 Å². The monoisotopic (exact) mass is 548 g/mol. The number of anilines is 2. The van der Waals surface area contributed by atoms with Gasteiger partial charge in [-0.15, -0.1) is 0 Å². The number of quaternary nitrogens is 1. The molecule has 3 amide bonds. The van der Waals surface area contributed by atoms with Crippen LogP contribution in [-0.4, -0.2) is 60.6 Å². The predicted octanol–water partition coefficient (Wildman–Crippen LogP) is -3.53. The highest BCUT2D eigenvalue weighted by Crippen LogP contribution is 2.54. The molecule has 0 spiro atoms. The average molecular weight is 549 g/mol. The lowest BCUT2D eigenvalue weighted by molar-refractivity contribution is -0.658. The maximum Gasteiger partial charge on any atom is 0.281 e. The Morgan fingerprint density at radius 1 is 0.865 bits per heavy atom. The summed E-state index contributed by atoms with van der Waals surface area (Å²) in [7, 11) is -3.33. The maximum absolute atomic E-state index is 15.1. The van der Waals surface area contributed by atoms with E-state index in [1.807, 2.05) is 4.90 Å². The van der Waals surface area contributed by atoms with Crippen LogP contribution < -0.4 is 50.4 Å². The molecule has 0 saturated carbocycles. The van der Waals surface area contributed by atoms with Crippen LogP contribution in [0.2, 0.25) is 0 Å². The molecular formula is C25H34ClN6O4P. The molecule has 10 nitrogen and oxygen atoms in total. The van der Waals surface area contributed by atoms with Gasteiger partial charge in [0, 0.05) is 41.4 Å². The number of hydrogen-bond acceptors (Lipinski definition) is 6. The van der Waals surface area contributed by atoms with Gasteiger partial charge in [0.05, 0.1) is 25.4 Å². The van der Waals surface area contributed by atoms with E-state index in [1.54, 1.807) is 48.5 Å². The highest BCUT2D eigenvalue weighted by molar-refractivity contribution is 7.79. The number of nitrogens with one attached hydrogen (secondary N) is 2. The Labute approximate surface area is 222 Å². The van der Waals surface area contributed by atoms with E-state index in [0.29, 0.717) is 34.9 Å². The fourth-order valence-corrected chi connectivity index (χ4v) is 8.38. The SMILES string of the molecule is NCC(=O)Nc1ccc(P(=O)(c2ccc(NC(=O)CN)cc2)C2CCCN2C(=O)[C@@H]2CCC[NH2+]2)cc1.[Cl-]. The highest BCUT2D eigenvalue weighted by atomic mass is 35.5. The number of rotatable bonds is 8. The molecule has 1 unspecified atom stereocenters. The fraction of sp³-hybridized carbons (Fsp3) is 0.400. The van der Waals surface area contributed by atoms with Crippen LogP contribution in [0.25, 0.3) is 0 Å². The lowest BCUT2D eigenvalue weighted by Gasteiger charge is -2.33. The molecule has 2 atom stereocenters. The molecule has 2 aliphatic rings. The standard InChI is InChI=1S/C25H33N6O4P.ClH/c26-15-22(32)29-17-5-9-19(10-6-17)36(35,20-11-7-18(8-12-20)30-23(33)16-27)24-4-2-14-31(24)25(34)21-3-1-13-28-21;/h5-12,21,24,28H,1-4,13-16,26-27H2,(H,29,32)(H,30,33);1H/t21-,24?;/m0./s1. The number of carbonyl (C=O) groups excluding carboxylic acids is 3. The molecule has 2 heterocycles. The maximum atomic E-state index is 15.1. The van der Waals surface area contributed by atoms with Crippen LogP contribution in [-0.2, 0) is 18.9 Å². The summed E-state index contributed by atoms with van der Waals surface area (Å²) in [5.74, 6) is -1.05. The lowest BCUT2D eigenvalue weighted by atomic mass is 10.2. The van der Waals surface area contributed by atoms with Crippen LogP contribution in [0, 0.1) is 0 Å². The minimum absolute atomic E-state index is 0. The number of carbonyl (C=O) groups is 3. The van der Waals surface area contributed by atoms with Crippen molar-refractivity contribution in [3.8, 4) is 0 Å². The van der Waals surface area contributed by atoms with E-state index >= 15 is 4.57 Å². The molecule has 0 radical (unpaired) electrons. The van der Waals surface area contributed by atoms with Crippen LogP contribution in [0.1, 0.15) is 25.7 Å². The number of nitrogens with two attached hydrogens (primary N) is 3. The van der Waals surface area contributed by atoms with Gasteiger partial charge in [0.15, 0.2) is 13.2 Å². The van der Waals surface area contributed by atoms with Gasteiger partial charge in [-0.3, -0.25) is 14.4 Å². The molecule has 8 N–H and O–H groups in total. The van der Waals surface area contributed by atoms with Crippen molar-refractivity contribution in [2.75, 3.05) is 36.8 Å². The topological polar surface area (TPSA) is 164 Å². The van der Waals surface area contributed by atoms with E-state index in [9.17, 15) is 14.4 Å². The Morgan fingerprint density at radius 2 is 1.38 bits per heavy atom. The van der Waals surface area contributed by atoms with Crippen molar-refractivity contribution < 1.29 is 36.7 Å². The van der Waals surface area contributed by atoms with E-state index in [1.165, 1.54) is 0 Å². The zero-order chi connectivity index (χ0) is 25.7. The molecule has 2 aromatic carbocycles. The first kappa shape index (κ1) is 28.8. The fourth-order valence-electron chi connectivity index (χ4n) is 5.05. The third kappa shape index (κ3) is 6.22. The summed E-state index contributed by atoms with van der Waals surface area (Å²) in [6.45, 7) is 1.24. The molecule has 2 fully saturated rings. The zero-order valence-corrected chi connectivity index (χ0v) is 22.2. The predicted molar refractivity (Wildman–Crippen MR) is 140 cm³/mol. The Morgan fingerprint density at radius 3 is 1.81 bits per heavy atom. The van der Waals surface area contributed by atoms with Crippen molar-refractivity contribution in [1.29, 1.82) is 0 Å². The van der Waals surface area contributed by atoms with Crippen molar-refractivity contribution in [3.05, 3.63) is 48.5 Å². The minimum Gasteiger partial charge on any atom is -1.00 e. The van der Waals surface area contributed by atoms with Crippen LogP contribution in [0.15, 0.2) is 48.5 Å². The second kappa shape index (κ2) is 12.7. The molecule has 4 rings (SSSR count). The molecule has 200 valence electrons. The molecule has 37 heavy (non-hydrogen) atoms. The third-order valence-electron chi connectivity index (χ3n) is 6.85. The van der Waals surface area contributed by atoms with Gasteiger partial charge in [-0.1, -0.05) is 0 Å². The summed E-state index contributed by atoms with van der Waals surface area (Å²) in [6, 6.07) is 13.7. The first-order chi connectivity index (χ1) is 17.4. The molecule has 0 aliphatic carbocycles. The third-order valence-corrected chi connectivity index (χ3v) is 10.4. The number of likely N-dealkylation sites (tertiary alicyclic amines) is 1. The molecule has 2 aromatic rings. The molecular weight excluding hydrogens is 515 g/mol. The summed E-state index contributed by atoms with van der Waals surface area (Å²) < 4.78 is 15.1. The van der Waals surface area contributed by atoms with Gasteiger partial charge < -0.3 is 49.3 Å². The van der Waals surface area contributed by atoms with Crippen molar-refractivity contribution in [2.45, 2.75) is 37.5 Å². The van der Waals surface area contributed by atoms with Crippen LogP contribution in [0.4, 0.5) is 11.4 Å². The normalized spacial score (nSPS) is 19.2. The molecule has 0 bridgehead atoms. The largest absolute Gasteiger partial charge is 1.00 e. The summed E-state index contributed by atoms with van der Waals surface area (Å²) in [6.07, 6.45) is 3.24. The van der Waals surface area contributed by atoms with Crippen molar-refractivity contribution >= 4 is 46.8 Å². The lowest BCUT2D eigenvalue weighted by Crippen LogP contribution is -3.00. The molecule has 2 aliphatic heterocycles. The number of amides is 3. The van der Waals surface area contributed by atoms with Crippen molar-refractivity contribution in [2.24, 2.45) is 11.5 Å². The van der Waals surface area contributed by atoms with Gasteiger partial charge in [0.1, 0.15) is 0 Å². The van der Waals surface area contributed by atoms with Gasteiger partial charge >= 0.3 is 0 Å². The average Bonchev–Trinajstić information content (AvgIpc) is 3.62. The summed E-state index contributed by atoms with van der Waals surface area (Å²) >= 11 is 0. The van der Waals surface area contributed by atoms with Gasteiger partial charge in [-0.05, 0) is 61.4 Å². The van der Waals surface area contributed by atoms with Crippen LogP contribution >= 0.6 is 7.14 Å². The summed E-state index contributed by atoms with van der Waals surface area (Å²) in [5.41, 5.74) is 11.9. The number of nitrogens with zero attached hydrogens (tertiary/aromatic N) is 1. The molecule has 0 aromatic heterocycles. The van der Waals surface area contributed by atoms with E-state index in [2.05, 4.69) is 16.0 Å². The Kier molecular flexibility index (Phi) is 9.87. The van der Waals surface area contributed by atoms with Crippen LogP contribution in [0.5, 0.6) is 0 Å².